The van der Waals surface area contributed by atoms with E-state index in [1.54, 1.807) is 0 Å². The van der Waals surface area contributed by atoms with E-state index in [-0.39, 0.29) is 11.3 Å². The molecule has 2 rings (SSSR count). The summed E-state index contributed by atoms with van der Waals surface area (Å²) in [4.78, 5) is 4.18. The molecule has 1 aliphatic heterocycles. The van der Waals surface area contributed by atoms with Crippen molar-refractivity contribution in [3.8, 4) is 0 Å². The Bertz CT molecular complexity index is 413. The topological polar surface area (TPSA) is 60.2 Å². The Balaban J connectivity index is 2.07. The van der Waals surface area contributed by atoms with Crippen LogP contribution in [-0.2, 0) is 4.74 Å². The third kappa shape index (κ3) is 2.61. The van der Waals surface area contributed by atoms with E-state index in [9.17, 15) is 0 Å². The normalized spacial score (nSPS) is 28.9. The van der Waals surface area contributed by atoms with Gasteiger partial charge in [-0.2, -0.15) is 0 Å². The number of hydrogen-bond acceptors (Lipinski definition) is 5. The summed E-state index contributed by atoms with van der Waals surface area (Å²) in [6.45, 7) is 6.81. The molecule has 0 radical (unpaired) electrons. The van der Waals surface area contributed by atoms with Gasteiger partial charge in [-0.15, -0.1) is 11.3 Å². The van der Waals surface area contributed by atoms with Gasteiger partial charge >= 0.3 is 0 Å². The van der Waals surface area contributed by atoms with Crippen LogP contribution in [0.15, 0.2) is 11.5 Å². The van der Waals surface area contributed by atoms with Gasteiger partial charge in [-0.25, -0.2) is 4.98 Å². The van der Waals surface area contributed by atoms with E-state index < -0.39 is 0 Å². The van der Waals surface area contributed by atoms with Crippen molar-refractivity contribution in [3.63, 3.8) is 0 Å². The van der Waals surface area contributed by atoms with Crippen molar-refractivity contribution >= 4 is 22.5 Å². The molecule has 0 spiro atoms. The van der Waals surface area contributed by atoms with Gasteiger partial charge in [0.2, 0.25) is 0 Å². The van der Waals surface area contributed by atoms with Crippen LogP contribution in [0.2, 0.25) is 0 Å². The highest BCUT2D eigenvalue weighted by Crippen LogP contribution is 2.24. The fraction of sp³-hybridized carbons (Fsp3) is 0.545. The lowest BCUT2D eigenvalue weighted by atomic mass is 10.0. The molecular weight excluding hydrogens is 222 g/mol. The Hall–Kier alpha value is -0.910. The van der Waals surface area contributed by atoms with E-state index in [1.165, 1.54) is 11.3 Å². The van der Waals surface area contributed by atoms with Crippen LogP contribution in [0.5, 0.6) is 0 Å². The lowest BCUT2D eigenvalue weighted by Gasteiger charge is -2.22. The van der Waals surface area contributed by atoms with Crippen molar-refractivity contribution in [2.24, 2.45) is 0 Å². The summed E-state index contributed by atoms with van der Waals surface area (Å²) >= 11 is 1.45. The third-order valence-electron chi connectivity index (χ3n) is 2.48. The predicted octanol–water partition coefficient (Wildman–Crippen LogP) is 1.85. The molecule has 1 saturated heterocycles. The molecule has 16 heavy (non-hydrogen) atoms. The zero-order valence-electron chi connectivity index (χ0n) is 9.78. The Kier molecular flexibility index (Phi) is 2.77. The second kappa shape index (κ2) is 3.84. The fourth-order valence-electron chi connectivity index (χ4n) is 1.83. The van der Waals surface area contributed by atoms with E-state index >= 15 is 0 Å². The summed E-state index contributed by atoms with van der Waals surface area (Å²) in [5.74, 6) is 0. The molecule has 1 atom stereocenters. The average Bonchev–Trinajstić information content (AvgIpc) is 2.69. The SMILES string of the molecule is CC1(/C=C/c2csc(N)n2)COC(C)(C)N1. The van der Waals surface area contributed by atoms with E-state index in [0.717, 1.165) is 5.69 Å². The minimum Gasteiger partial charge on any atom is -0.375 e. The molecule has 0 aromatic carbocycles. The average molecular weight is 239 g/mol. The number of rotatable bonds is 2. The van der Waals surface area contributed by atoms with Crippen LogP contribution in [0.4, 0.5) is 5.13 Å². The minimum absolute atomic E-state index is 0.137. The van der Waals surface area contributed by atoms with Gasteiger partial charge in [-0.05, 0) is 26.8 Å². The quantitative estimate of drug-likeness (QED) is 0.827. The summed E-state index contributed by atoms with van der Waals surface area (Å²) in [7, 11) is 0. The van der Waals surface area contributed by atoms with E-state index in [0.29, 0.717) is 11.7 Å². The number of hydrogen-bond donors (Lipinski definition) is 2. The molecule has 1 aliphatic rings. The summed E-state index contributed by atoms with van der Waals surface area (Å²) < 4.78 is 5.64. The van der Waals surface area contributed by atoms with Gasteiger partial charge in [-0.3, -0.25) is 5.32 Å². The zero-order valence-corrected chi connectivity index (χ0v) is 10.6. The minimum atomic E-state index is -0.264. The molecule has 2 heterocycles. The molecule has 0 saturated carbocycles. The molecule has 0 bridgehead atoms. The highest BCUT2D eigenvalue weighted by Gasteiger charge is 2.37. The fourth-order valence-corrected chi connectivity index (χ4v) is 2.36. The largest absolute Gasteiger partial charge is 0.375 e. The molecule has 1 fully saturated rings. The van der Waals surface area contributed by atoms with Crippen LogP contribution in [0.3, 0.4) is 0 Å². The molecule has 1 aromatic heterocycles. The van der Waals surface area contributed by atoms with Crippen LogP contribution in [-0.4, -0.2) is 22.9 Å². The molecule has 3 N–H and O–H groups in total. The van der Waals surface area contributed by atoms with Gasteiger partial charge < -0.3 is 10.5 Å². The highest BCUT2D eigenvalue weighted by molar-refractivity contribution is 7.13. The number of nitrogen functional groups attached to an aromatic ring is 1. The predicted molar refractivity (Wildman–Crippen MR) is 67.1 cm³/mol. The maximum absolute atomic E-state index is 5.64. The summed E-state index contributed by atoms with van der Waals surface area (Å²) in [6, 6.07) is 0. The van der Waals surface area contributed by atoms with Gasteiger partial charge in [0.1, 0.15) is 5.72 Å². The number of ether oxygens (including phenoxy) is 1. The first-order chi connectivity index (χ1) is 7.39. The number of nitrogens with one attached hydrogen (secondary N) is 1. The number of anilines is 1. The molecule has 4 nitrogen and oxygen atoms in total. The van der Waals surface area contributed by atoms with Crippen LogP contribution in [0.1, 0.15) is 26.5 Å². The smallest absolute Gasteiger partial charge is 0.180 e. The first-order valence-electron chi connectivity index (χ1n) is 5.22. The number of nitrogens with two attached hydrogens (primary N) is 1. The van der Waals surface area contributed by atoms with Crippen LogP contribution >= 0.6 is 11.3 Å². The molecule has 5 heteroatoms. The number of thiazole rings is 1. The van der Waals surface area contributed by atoms with Crippen molar-refractivity contribution in [1.29, 1.82) is 0 Å². The number of nitrogens with zero attached hydrogens (tertiary/aromatic N) is 1. The summed E-state index contributed by atoms with van der Waals surface area (Å²) in [5.41, 5.74) is 6.07. The number of aromatic nitrogens is 1. The molecular formula is C11H17N3OS. The van der Waals surface area contributed by atoms with Crippen molar-refractivity contribution < 1.29 is 4.74 Å². The lowest BCUT2D eigenvalue weighted by Crippen LogP contribution is -2.45. The Morgan fingerprint density at radius 2 is 2.31 bits per heavy atom. The van der Waals surface area contributed by atoms with Crippen molar-refractivity contribution in [2.75, 3.05) is 12.3 Å². The Morgan fingerprint density at radius 1 is 1.56 bits per heavy atom. The van der Waals surface area contributed by atoms with Crippen molar-refractivity contribution in [1.82, 2.24) is 10.3 Å². The molecule has 0 aliphatic carbocycles. The maximum Gasteiger partial charge on any atom is 0.180 e. The molecule has 1 unspecified atom stereocenters. The van der Waals surface area contributed by atoms with Crippen LogP contribution < -0.4 is 11.1 Å². The van der Waals surface area contributed by atoms with Crippen LogP contribution in [0.25, 0.3) is 6.08 Å². The zero-order chi connectivity index (χ0) is 11.8. The monoisotopic (exact) mass is 239 g/mol. The van der Waals surface area contributed by atoms with E-state index in [1.807, 2.05) is 25.3 Å². The standard InChI is InChI=1S/C11H17N3OS/c1-10(2)14-11(3,7-15-10)5-4-8-6-16-9(12)13-8/h4-6,14H,7H2,1-3H3,(H2,12,13)/b5-4+. The first-order valence-corrected chi connectivity index (χ1v) is 6.10. The van der Waals surface area contributed by atoms with E-state index in [4.69, 9.17) is 10.5 Å². The van der Waals surface area contributed by atoms with E-state index in [2.05, 4.69) is 23.3 Å². The second-order valence-corrected chi connectivity index (χ2v) is 5.68. The summed E-state index contributed by atoms with van der Waals surface area (Å²) in [6.07, 6.45) is 4.06. The van der Waals surface area contributed by atoms with Crippen LogP contribution in [0, 0.1) is 0 Å². The Labute approximate surface area is 99.5 Å². The maximum atomic E-state index is 5.64. The van der Waals surface area contributed by atoms with Gasteiger partial charge in [0.25, 0.3) is 0 Å². The first kappa shape index (κ1) is 11.6. The lowest BCUT2D eigenvalue weighted by molar-refractivity contribution is 0.0229. The summed E-state index contributed by atoms with van der Waals surface area (Å²) in [5, 5.41) is 5.96. The van der Waals surface area contributed by atoms with Gasteiger partial charge in [-0.1, -0.05) is 6.08 Å². The molecule has 0 amide bonds. The van der Waals surface area contributed by atoms with Gasteiger partial charge in [0, 0.05) is 5.38 Å². The van der Waals surface area contributed by atoms with Gasteiger partial charge in [0.05, 0.1) is 17.8 Å². The van der Waals surface area contributed by atoms with Crippen molar-refractivity contribution in [2.45, 2.75) is 32.0 Å². The second-order valence-electron chi connectivity index (χ2n) is 4.79. The Morgan fingerprint density at radius 3 is 2.81 bits per heavy atom. The molecule has 1 aromatic rings. The third-order valence-corrected chi connectivity index (χ3v) is 3.17. The van der Waals surface area contributed by atoms with Gasteiger partial charge in [0.15, 0.2) is 5.13 Å². The highest BCUT2D eigenvalue weighted by atomic mass is 32.1. The van der Waals surface area contributed by atoms with Crippen molar-refractivity contribution in [3.05, 3.63) is 17.2 Å². The molecule has 88 valence electrons.